The monoisotopic (exact) mass is 283 g/mol. The molecule has 1 rings (SSSR count). The van der Waals surface area contributed by atoms with E-state index in [0.29, 0.717) is 4.48 Å². The van der Waals surface area contributed by atoms with E-state index in [1.54, 1.807) is 0 Å². The second kappa shape index (κ2) is 4.65. The standard InChI is InChI=1S/C9H6BrF4N/c1-4(10)3-15-9-7(13)5(11)2-6(12)8(9)14/h2,15H,1,3H2. The third-order valence-corrected chi connectivity index (χ3v) is 1.85. The van der Waals surface area contributed by atoms with Gasteiger partial charge in [0.15, 0.2) is 23.3 Å². The van der Waals surface area contributed by atoms with Crippen molar-refractivity contribution in [3.05, 3.63) is 40.4 Å². The molecule has 0 aliphatic heterocycles. The Morgan fingerprint density at radius 1 is 1.20 bits per heavy atom. The molecule has 0 saturated carbocycles. The fourth-order valence-electron chi connectivity index (χ4n) is 0.913. The van der Waals surface area contributed by atoms with Crippen LogP contribution >= 0.6 is 15.9 Å². The van der Waals surface area contributed by atoms with Crippen molar-refractivity contribution in [1.82, 2.24) is 0 Å². The summed E-state index contributed by atoms with van der Waals surface area (Å²) in [6.45, 7) is 3.35. The number of benzene rings is 1. The lowest BCUT2D eigenvalue weighted by atomic mass is 10.2. The lowest BCUT2D eigenvalue weighted by Gasteiger charge is -2.08. The van der Waals surface area contributed by atoms with Gasteiger partial charge in [0.1, 0.15) is 5.69 Å². The Balaban J connectivity index is 3.09. The maximum absolute atomic E-state index is 13.0. The van der Waals surface area contributed by atoms with Crippen molar-refractivity contribution < 1.29 is 17.6 Å². The maximum Gasteiger partial charge on any atom is 0.185 e. The molecule has 0 fully saturated rings. The second-order valence-corrected chi connectivity index (χ2v) is 3.84. The van der Waals surface area contributed by atoms with Crippen LogP contribution < -0.4 is 5.32 Å². The number of rotatable bonds is 3. The number of hydrogen-bond donors (Lipinski definition) is 1. The first kappa shape index (κ1) is 12.0. The SMILES string of the molecule is C=C(Br)CNc1c(F)c(F)cc(F)c1F. The van der Waals surface area contributed by atoms with Gasteiger partial charge in [-0.2, -0.15) is 0 Å². The minimum atomic E-state index is -1.46. The van der Waals surface area contributed by atoms with E-state index in [1.807, 2.05) is 0 Å². The molecule has 1 aromatic carbocycles. The molecule has 15 heavy (non-hydrogen) atoms. The number of anilines is 1. The Hall–Kier alpha value is -1.04. The number of halogens is 5. The fourth-order valence-corrected chi connectivity index (χ4v) is 1.05. The van der Waals surface area contributed by atoms with Gasteiger partial charge in [0, 0.05) is 17.1 Å². The van der Waals surface area contributed by atoms with Crippen molar-refractivity contribution in [2.45, 2.75) is 0 Å². The Labute approximate surface area is 91.9 Å². The van der Waals surface area contributed by atoms with E-state index in [1.165, 1.54) is 0 Å². The van der Waals surface area contributed by atoms with Crippen molar-refractivity contribution in [1.29, 1.82) is 0 Å². The van der Waals surface area contributed by atoms with E-state index < -0.39 is 29.0 Å². The zero-order valence-electron chi connectivity index (χ0n) is 7.38. The van der Waals surface area contributed by atoms with Crippen LogP contribution in [0.2, 0.25) is 0 Å². The van der Waals surface area contributed by atoms with Gasteiger partial charge in [0.25, 0.3) is 0 Å². The van der Waals surface area contributed by atoms with E-state index >= 15 is 0 Å². The van der Waals surface area contributed by atoms with Crippen LogP contribution in [0.15, 0.2) is 17.1 Å². The Bertz CT molecular complexity index is 379. The summed E-state index contributed by atoms with van der Waals surface area (Å²) < 4.78 is 51.8. The van der Waals surface area contributed by atoms with Gasteiger partial charge in [0.2, 0.25) is 0 Å². The molecule has 82 valence electrons. The third kappa shape index (κ3) is 2.71. The largest absolute Gasteiger partial charge is 0.376 e. The van der Waals surface area contributed by atoms with Gasteiger partial charge >= 0.3 is 0 Å². The lowest BCUT2D eigenvalue weighted by Crippen LogP contribution is -2.08. The molecular weight excluding hydrogens is 278 g/mol. The normalized spacial score (nSPS) is 10.2. The van der Waals surface area contributed by atoms with E-state index in [4.69, 9.17) is 0 Å². The molecule has 0 heterocycles. The molecule has 0 atom stereocenters. The predicted octanol–water partition coefficient (Wildman–Crippen LogP) is 3.56. The molecule has 0 bridgehead atoms. The molecule has 0 saturated heterocycles. The average Bonchev–Trinajstić information content (AvgIpc) is 2.14. The van der Waals surface area contributed by atoms with Crippen molar-refractivity contribution in [3.63, 3.8) is 0 Å². The van der Waals surface area contributed by atoms with Crippen LogP contribution in [0.1, 0.15) is 0 Å². The van der Waals surface area contributed by atoms with E-state index in [0.717, 1.165) is 0 Å². The minimum Gasteiger partial charge on any atom is -0.376 e. The Morgan fingerprint density at radius 2 is 1.67 bits per heavy atom. The van der Waals surface area contributed by atoms with Gasteiger partial charge in [-0.3, -0.25) is 0 Å². The van der Waals surface area contributed by atoms with Crippen molar-refractivity contribution >= 4 is 21.6 Å². The summed E-state index contributed by atoms with van der Waals surface area (Å²) in [7, 11) is 0. The molecule has 1 aromatic rings. The van der Waals surface area contributed by atoms with Gasteiger partial charge in [0.05, 0.1) is 0 Å². The van der Waals surface area contributed by atoms with Gasteiger partial charge in [-0.05, 0) is 0 Å². The summed E-state index contributed by atoms with van der Waals surface area (Å²) >= 11 is 2.93. The topological polar surface area (TPSA) is 12.0 Å². The molecule has 0 amide bonds. The van der Waals surface area contributed by atoms with Gasteiger partial charge in [-0.1, -0.05) is 22.5 Å². The van der Waals surface area contributed by atoms with E-state index in [2.05, 4.69) is 27.8 Å². The number of nitrogens with one attached hydrogen (secondary N) is 1. The van der Waals surface area contributed by atoms with E-state index in [9.17, 15) is 17.6 Å². The quantitative estimate of drug-likeness (QED) is 0.661. The van der Waals surface area contributed by atoms with Crippen molar-refractivity contribution in [2.75, 3.05) is 11.9 Å². The van der Waals surface area contributed by atoms with Crippen LogP contribution in [0.5, 0.6) is 0 Å². The highest BCUT2D eigenvalue weighted by Crippen LogP contribution is 2.24. The summed E-state index contributed by atoms with van der Waals surface area (Å²) in [5.41, 5.74) is -0.840. The Kier molecular flexibility index (Phi) is 3.73. The van der Waals surface area contributed by atoms with Gasteiger partial charge in [-0.25, -0.2) is 17.6 Å². The predicted molar refractivity (Wildman–Crippen MR) is 52.8 cm³/mol. The average molecular weight is 284 g/mol. The number of hydrogen-bond acceptors (Lipinski definition) is 1. The summed E-state index contributed by atoms with van der Waals surface area (Å²) in [5.74, 6) is -5.81. The molecule has 6 heteroatoms. The summed E-state index contributed by atoms with van der Waals surface area (Å²) in [6, 6.07) is 0.152. The van der Waals surface area contributed by atoms with Crippen LogP contribution in [-0.4, -0.2) is 6.54 Å². The summed E-state index contributed by atoms with van der Waals surface area (Å²) in [5, 5.41) is 2.19. The smallest absolute Gasteiger partial charge is 0.185 e. The molecule has 0 aliphatic rings. The molecule has 0 radical (unpaired) electrons. The molecule has 1 nitrogen and oxygen atoms in total. The second-order valence-electron chi connectivity index (χ2n) is 2.71. The summed E-state index contributed by atoms with van der Waals surface area (Å²) in [4.78, 5) is 0. The van der Waals surface area contributed by atoms with Crippen molar-refractivity contribution in [2.24, 2.45) is 0 Å². The molecule has 0 aliphatic carbocycles. The maximum atomic E-state index is 13.0. The first-order valence-electron chi connectivity index (χ1n) is 3.83. The Morgan fingerprint density at radius 3 is 2.07 bits per heavy atom. The molecule has 0 unspecified atom stereocenters. The first-order chi connectivity index (χ1) is 6.93. The zero-order valence-corrected chi connectivity index (χ0v) is 8.97. The molecule has 1 N–H and O–H groups in total. The lowest BCUT2D eigenvalue weighted by molar-refractivity contribution is 0.458. The highest BCUT2D eigenvalue weighted by atomic mass is 79.9. The first-order valence-corrected chi connectivity index (χ1v) is 4.63. The zero-order chi connectivity index (χ0) is 11.6. The molecular formula is C9H6BrF4N. The van der Waals surface area contributed by atoms with Crippen molar-refractivity contribution in [3.8, 4) is 0 Å². The van der Waals surface area contributed by atoms with E-state index in [-0.39, 0.29) is 12.6 Å². The van der Waals surface area contributed by atoms with Crippen LogP contribution in [0.25, 0.3) is 0 Å². The highest BCUT2D eigenvalue weighted by Gasteiger charge is 2.18. The highest BCUT2D eigenvalue weighted by molar-refractivity contribution is 9.11. The van der Waals surface area contributed by atoms with Gasteiger partial charge < -0.3 is 5.32 Å². The minimum absolute atomic E-state index is 0.0449. The van der Waals surface area contributed by atoms with Crippen LogP contribution in [0.3, 0.4) is 0 Å². The van der Waals surface area contributed by atoms with Crippen LogP contribution in [0, 0.1) is 23.3 Å². The molecule has 0 aromatic heterocycles. The molecule has 0 spiro atoms. The van der Waals surface area contributed by atoms with Crippen LogP contribution in [-0.2, 0) is 0 Å². The van der Waals surface area contributed by atoms with Crippen LogP contribution in [0.4, 0.5) is 23.2 Å². The fraction of sp³-hybridized carbons (Fsp3) is 0.111. The summed E-state index contributed by atoms with van der Waals surface area (Å²) in [6.07, 6.45) is 0. The third-order valence-electron chi connectivity index (χ3n) is 1.57. The van der Waals surface area contributed by atoms with Gasteiger partial charge in [-0.15, -0.1) is 0 Å².